The molecule has 0 atom stereocenters. The van der Waals surface area contributed by atoms with Crippen LogP contribution in [0.15, 0.2) is 0 Å². The number of carboxylic acid groups (broad SMARTS) is 1. The molecule has 1 heterocycles. The summed E-state index contributed by atoms with van der Waals surface area (Å²) in [5.74, 6) is 0.711. The smallest absolute Gasteiger partial charge is 0.407 e. The fraction of sp³-hybridized carbons (Fsp3) is 0.889. The first-order valence-corrected chi connectivity index (χ1v) is 4.86. The van der Waals surface area contributed by atoms with Gasteiger partial charge in [-0.25, -0.2) is 4.79 Å². The average molecular weight is 186 g/mol. The number of rotatable bonds is 3. The molecule has 0 spiro atoms. The molecule has 0 aromatic heterocycles. The molecule has 1 amide bonds. The number of hydrogen-bond acceptors (Lipinski definition) is 2. The molecule has 4 nitrogen and oxygen atoms in total. The van der Waals surface area contributed by atoms with Gasteiger partial charge in [0.25, 0.3) is 0 Å². The Morgan fingerprint density at radius 3 is 2.62 bits per heavy atom. The summed E-state index contributed by atoms with van der Waals surface area (Å²) in [6.45, 7) is 2.46. The Hall–Kier alpha value is -0.770. The predicted octanol–water partition coefficient (Wildman–Crippen LogP) is 0.986. The zero-order chi connectivity index (χ0) is 9.68. The molecule has 0 radical (unpaired) electrons. The van der Waals surface area contributed by atoms with Gasteiger partial charge in [0.2, 0.25) is 0 Å². The van der Waals surface area contributed by atoms with Crippen LogP contribution in [0.3, 0.4) is 0 Å². The van der Waals surface area contributed by atoms with Crippen LogP contribution in [0.2, 0.25) is 0 Å². The van der Waals surface area contributed by atoms with E-state index in [2.05, 4.69) is 5.32 Å². The minimum atomic E-state index is -0.771. The SMILES string of the molecule is CNCCC1CCN(C(=O)O)CC1. The Morgan fingerprint density at radius 1 is 1.54 bits per heavy atom. The quantitative estimate of drug-likeness (QED) is 0.691. The molecule has 76 valence electrons. The first kappa shape index (κ1) is 10.3. The van der Waals surface area contributed by atoms with Crippen molar-refractivity contribution in [3.63, 3.8) is 0 Å². The third-order valence-corrected chi connectivity index (χ3v) is 2.69. The molecular formula is C9H18N2O2. The molecule has 1 saturated heterocycles. The number of piperidine rings is 1. The van der Waals surface area contributed by atoms with Gasteiger partial charge in [-0.15, -0.1) is 0 Å². The van der Waals surface area contributed by atoms with Gasteiger partial charge >= 0.3 is 6.09 Å². The number of nitrogens with one attached hydrogen (secondary N) is 1. The third-order valence-electron chi connectivity index (χ3n) is 2.69. The van der Waals surface area contributed by atoms with Gasteiger partial charge in [0, 0.05) is 13.1 Å². The van der Waals surface area contributed by atoms with Gasteiger partial charge in [-0.3, -0.25) is 0 Å². The van der Waals surface area contributed by atoms with Crippen molar-refractivity contribution >= 4 is 6.09 Å². The average Bonchev–Trinajstić information content (AvgIpc) is 2.15. The van der Waals surface area contributed by atoms with Crippen LogP contribution in [0.25, 0.3) is 0 Å². The largest absolute Gasteiger partial charge is 0.465 e. The first-order valence-electron chi connectivity index (χ1n) is 4.86. The van der Waals surface area contributed by atoms with E-state index in [4.69, 9.17) is 5.11 Å². The van der Waals surface area contributed by atoms with Crippen molar-refractivity contribution in [1.29, 1.82) is 0 Å². The lowest BCUT2D eigenvalue weighted by atomic mass is 9.94. The van der Waals surface area contributed by atoms with E-state index in [9.17, 15) is 4.79 Å². The van der Waals surface area contributed by atoms with Crippen molar-refractivity contribution in [1.82, 2.24) is 10.2 Å². The minimum Gasteiger partial charge on any atom is -0.465 e. The molecule has 0 aromatic carbocycles. The molecule has 13 heavy (non-hydrogen) atoms. The van der Waals surface area contributed by atoms with E-state index in [1.807, 2.05) is 7.05 Å². The van der Waals surface area contributed by atoms with Gasteiger partial charge in [-0.2, -0.15) is 0 Å². The van der Waals surface area contributed by atoms with E-state index in [-0.39, 0.29) is 0 Å². The van der Waals surface area contributed by atoms with Crippen molar-refractivity contribution in [2.45, 2.75) is 19.3 Å². The van der Waals surface area contributed by atoms with Crippen molar-refractivity contribution in [3.05, 3.63) is 0 Å². The summed E-state index contributed by atoms with van der Waals surface area (Å²) in [6.07, 6.45) is 2.44. The van der Waals surface area contributed by atoms with Crippen LogP contribution in [-0.4, -0.2) is 42.8 Å². The van der Waals surface area contributed by atoms with E-state index in [0.29, 0.717) is 19.0 Å². The standard InChI is InChI=1S/C9H18N2O2/c1-10-5-2-8-3-6-11(7-4-8)9(12)13/h8,10H,2-7H2,1H3,(H,12,13). The second-order valence-corrected chi connectivity index (χ2v) is 3.61. The van der Waals surface area contributed by atoms with Gasteiger partial charge < -0.3 is 15.3 Å². The summed E-state index contributed by atoms with van der Waals surface area (Å²) in [7, 11) is 1.95. The second-order valence-electron chi connectivity index (χ2n) is 3.61. The Morgan fingerprint density at radius 2 is 2.15 bits per heavy atom. The summed E-state index contributed by atoms with van der Waals surface area (Å²) in [6, 6.07) is 0. The highest BCUT2D eigenvalue weighted by Gasteiger charge is 2.21. The molecule has 1 aliphatic heterocycles. The van der Waals surface area contributed by atoms with E-state index < -0.39 is 6.09 Å². The van der Waals surface area contributed by atoms with Gasteiger partial charge in [-0.05, 0) is 38.8 Å². The van der Waals surface area contributed by atoms with Crippen molar-refractivity contribution in [2.75, 3.05) is 26.7 Å². The van der Waals surface area contributed by atoms with E-state index in [1.165, 1.54) is 11.3 Å². The molecule has 1 aliphatic rings. The molecule has 4 heteroatoms. The lowest BCUT2D eigenvalue weighted by molar-refractivity contribution is 0.123. The molecule has 0 saturated carbocycles. The summed E-state index contributed by atoms with van der Waals surface area (Å²) in [5, 5.41) is 11.8. The highest BCUT2D eigenvalue weighted by Crippen LogP contribution is 2.19. The van der Waals surface area contributed by atoms with Crippen molar-refractivity contribution < 1.29 is 9.90 Å². The number of amides is 1. The number of likely N-dealkylation sites (tertiary alicyclic amines) is 1. The van der Waals surface area contributed by atoms with Crippen LogP contribution in [0.1, 0.15) is 19.3 Å². The Bertz CT molecular complexity index is 165. The van der Waals surface area contributed by atoms with E-state index in [0.717, 1.165) is 19.4 Å². The van der Waals surface area contributed by atoms with Crippen LogP contribution >= 0.6 is 0 Å². The zero-order valence-corrected chi connectivity index (χ0v) is 8.12. The van der Waals surface area contributed by atoms with Crippen LogP contribution in [0, 0.1) is 5.92 Å². The molecule has 0 unspecified atom stereocenters. The summed E-state index contributed by atoms with van der Waals surface area (Å²) < 4.78 is 0. The number of hydrogen-bond donors (Lipinski definition) is 2. The lowest BCUT2D eigenvalue weighted by Crippen LogP contribution is -2.37. The molecule has 0 aliphatic carbocycles. The van der Waals surface area contributed by atoms with E-state index in [1.54, 1.807) is 0 Å². The molecule has 1 fully saturated rings. The summed E-state index contributed by atoms with van der Waals surface area (Å²) in [4.78, 5) is 12.1. The number of carbonyl (C=O) groups is 1. The minimum absolute atomic E-state index is 0.711. The van der Waals surface area contributed by atoms with Crippen molar-refractivity contribution in [3.8, 4) is 0 Å². The molecule has 0 aromatic rings. The van der Waals surface area contributed by atoms with E-state index >= 15 is 0 Å². The molecule has 0 bridgehead atoms. The maximum atomic E-state index is 10.6. The van der Waals surface area contributed by atoms with Crippen molar-refractivity contribution in [2.24, 2.45) is 5.92 Å². The highest BCUT2D eigenvalue weighted by molar-refractivity contribution is 5.64. The normalized spacial score (nSPS) is 19.0. The predicted molar refractivity (Wildman–Crippen MR) is 50.9 cm³/mol. The highest BCUT2D eigenvalue weighted by atomic mass is 16.4. The van der Waals surface area contributed by atoms with Crippen LogP contribution in [0.5, 0.6) is 0 Å². The van der Waals surface area contributed by atoms with Crippen LogP contribution < -0.4 is 5.32 Å². The lowest BCUT2D eigenvalue weighted by Gasteiger charge is -2.29. The maximum Gasteiger partial charge on any atom is 0.407 e. The topological polar surface area (TPSA) is 52.6 Å². The Kier molecular flexibility index (Phi) is 4.02. The summed E-state index contributed by atoms with van der Waals surface area (Å²) >= 11 is 0. The monoisotopic (exact) mass is 186 g/mol. The van der Waals surface area contributed by atoms with Gasteiger partial charge in [-0.1, -0.05) is 0 Å². The van der Waals surface area contributed by atoms with Gasteiger partial charge in [0.1, 0.15) is 0 Å². The van der Waals surface area contributed by atoms with Crippen LogP contribution in [-0.2, 0) is 0 Å². The number of nitrogens with zero attached hydrogens (tertiary/aromatic N) is 1. The fourth-order valence-corrected chi connectivity index (χ4v) is 1.76. The fourth-order valence-electron chi connectivity index (χ4n) is 1.76. The Labute approximate surface area is 78.9 Å². The molecular weight excluding hydrogens is 168 g/mol. The molecule has 1 rings (SSSR count). The maximum absolute atomic E-state index is 10.6. The zero-order valence-electron chi connectivity index (χ0n) is 8.12. The Balaban J connectivity index is 2.18. The third kappa shape index (κ3) is 3.22. The molecule has 2 N–H and O–H groups in total. The van der Waals surface area contributed by atoms with Gasteiger partial charge in [0.05, 0.1) is 0 Å². The summed E-state index contributed by atoms with van der Waals surface area (Å²) in [5.41, 5.74) is 0. The first-order chi connectivity index (χ1) is 6.24. The second kappa shape index (κ2) is 5.07. The van der Waals surface area contributed by atoms with Gasteiger partial charge in [0.15, 0.2) is 0 Å². The van der Waals surface area contributed by atoms with Crippen LogP contribution in [0.4, 0.5) is 4.79 Å².